The first-order valence-corrected chi connectivity index (χ1v) is 21.3. The molecule has 0 radical (unpaired) electrons. The number of rotatable bonds is 10. The number of carbonyl (C=O) groups excluding carboxylic acids is 1. The molecule has 298 valence electrons. The number of ether oxygens (including phenoxy) is 1. The average molecular weight is 825 g/mol. The van der Waals surface area contributed by atoms with Crippen LogP contribution in [0.5, 0.6) is 0 Å². The third-order valence-corrected chi connectivity index (χ3v) is 14.0. The first-order valence-electron chi connectivity index (χ1n) is 20.5. The minimum Gasteiger partial charge on any atom is -0.371 e. The Hall–Kier alpha value is -4.40. The lowest BCUT2D eigenvalue weighted by atomic mass is 9.79. The Bertz CT molecular complexity index is 2550. The molecule has 3 saturated heterocycles. The van der Waals surface area contributed by atoms with Crippen LogP contribution in [0.2, 0.25) is 10.0 Å². The van der Waals surface area contributed by atoms with Gasteiger partial charge < -0.3 is 19.5 Å². The van der Waals surface area contributed by atoms with E-state index in [9.17, 15) is 18.8 Å². The van der Waals surface area contributed by atoms with Crippen molar-refractivity contribution in [2.45, 2.75) is 95.0 Å². The summed E-state index contributed by atoms with van der Waals surface area (Å²) in [4.78, 5) is 21.3. The molecule has 58 heavy (non-hydrogen) atoms. The molecule has 11 rings (SSSR count). The van der Waals surface area contributed by atoms with E-state index in [2.05, 4.69) is 28.1 Å². The Morgan fingerprint density at radius 3 is 2.55 bits per heavy atom. The number of allylic oxidation sites excluding steroid dienone is 2. The Morgan fingerprint density at radius 2 is 1.84 bits per heavy atom. The highest BCUT2D eigenvalue weighted by Crippen LogP contribution is 2.52. The quantitative estimate of drug-likeness (QED) is 0.152. The number of nitriles is 1. The largest absolute Gasteiger partial charge is 0.371 e. The van der Waals surface area contributed by atoms with Crippen LogP contribution in [-0.4, -0.2) is 45.6 Å². The van der Waals surface area contributed by atoms with Gasteiger partial charge in [0, 0.05) is 71.0 Å². The van der Waals surface area contributed by atoms with Gasteiger partial charge >= 0.3 is 0 Å². The fourth-order valence-corrected chi connectivity index (χ4v) is 10.5. The number of benzene rings is 3. The maximum Gasteiger partial charge on any atom is 0.226 e. The van der Waals surface area contributed by atoms with Gasteiger partial charge in [0.15, 0.2) is 5.82 Å². The maximum atomic E-state index is 17.7. The fourth-order valence-electron chi connectivity index (χ4n) is 10.1. The number of aromatic nitrogens is 2. The smallest absolute Gasteiger partial charge is 0.226 e. The number of nitrogens with one attached hydrogen (secondary N) is 1. The molecular weight excluding hydrogens is 782 g/mol. The van der Waals surface area contributed by atoms with E-state index in [1.165, 1.54) is 18.2 Å². The zero-order valence-corrected chi connectivity index (χ0v) is 33.4. The lowest BCUT2D eigenvalue weighted by molar-refractivity contribution is -0.134. The first kappa shape index (κ1) is 37.8. The van der Waals surface area contributed by atoms with Crippen LogP contribution in [0.1, 0.15) is 92.4 Å². The van der Waals surface area contributed by atoms with E-state index in [1.807, 2.05) is 11.0 Å². The Balaban J connectivity index is 1.21. The van der Waals surface area contributed by atoms with Crippen LogP contribution in [0.3, 0.4) is 0 Å². The molecule has 1 amide bonds. The standard InChI is InChI=1S/C46H42Cl2F3N5O2/c47-33-11-4-10-29(40(33)48)39-26(9-6-16-52)17-30-43(41(39)51)54-42(24-7-2-1-3-8-24)31-20-38(56(45(30)31)44-27-18-36(44)53-21-27)37-19-28(22-55(37)46(57)25-14-15-25)58-23-32-34(49)12-5-13-35(32)50/h4-5,7,10-13,17,20,25,27-28,36-37,44,53H,1-3,6,8-9,14-15,18-19,21-23H2. The summed E-state index contributed by atoms with van der Waals surface area (Å²) < 4.78 is 55.8. The molecule has 3 aliphatic heterocycles. The average Bonchev–Trinajstić information content (AvgIpc) is 3.50. The molecule has 12 heteroatoms. The third kappa shape index (κ3) is 6.32. The zero-order valence-electron chi connectivity index (χ0n) is 31.8. The number of likely N-dealkylation sites (tertiary alicyclic amines) is 1. The van der Waals surface area contributed by atoms with Crippen molar-refractivity contribution in [3.63, 3.8) is 0 Å². The van der Waals surface area contributed by atoms with E-state index in [1.54, 1.807) is 18.2 Å². The van der Waals surface area contributed by atoms with Crippen molar-refractivity contribution in [3.05, 3.63) is 105 Å². The van der Waals surface area contributed by atoms with Gasteiger partial charge in [0.25, 0.3) is 0 Å². The van der Waals surface area contributed by atoms with Crippen LogP contribution in [0.4, 0.5) is 13.2 Å². The number of pyridine rings is 1. The summed E-state index contributed by atoms with van der Waals surface area (Å²) in [6, 6.07) is 15.2. The molecule has 5 aromatic rings. The van der Waals surface area contributed by atoms with Crippen molar-refractivity contribution >= 4 is 56.5 Å². The van der Waals surface area contributed by atoms with Crippen LogP contribution in [0, 0.1) is 40.6 Å². The second-order valence-electron chi connectivity index (χ2n) is 16.7. The number of carbonyl (C=O) groups is 1. The van der Waals surface area contributed by atoms with Crippen molar-refractivity contribution in [1.82, 2.24) is 19.8 Å². The maximum absolute atomic E-state index is 17.7. The zero-order chi connectivity index (χ0) is 39.8. The molecule has 2 bridgehead atoms. The third-order valence-electron chi connectivity index (χ3n) is 13.2. The summed E-state index contributed by atoms with van der Waals surface area (Å²) in [6.07, 6.45) is 9.06. The van der Waals surface area contributed by atoms with Crippen LogP contribution >= 0.6 is 23.2 Å². The molecule has 1 N–H and O–H groups in total. The minimum atomic E-state index is -0.667. The molecule has 0 spiro atoms. The highest BCUT2D eigenvalue weighted by Gasteiger charge is 2.51. The van der Waals surface area contributed by atoms with Gasteiger partial charge in [-0.2, -0.15) is 5.26 Å². The molecule has 5 unspecified atom stereocenters. The second kappa shape index (κ2) is 15.0. The van der Waals surface area contributed by atoms with Gasteiger partial charge in [-0.15, -0.1) is 0 Å². The summed E-state index contributed by atoms with van der Waals surface area (Å²) in [6.45, 7) is 0.892. The van der Waals surface area contributed by atoms with Gasteiger partial charge in [0.2, 0.25) is 5.91 Å². The number of hydrogen-bond donors (Lipinski definition) is 1. The Labute approximate surface area is 344 Å². The van der Waals surface area contributed by atoms with Crippen LogP contribution in [0.25, 0.3) is 38.5 Å². The van der Waals surface area contributed by atoms with Gasteiger partial charge in [0.05, 0.1) is 52.1 Å². The van der Waals surface area contributed by atoms with E-state index < -0.39 is 29.6 Å². The molecule has 2 saturated carbocycles. The molecule has 3 aromatic carbocycles. The van der Waals surface area contributed by atoms with Gasteiger partial charge in [0.1, 0.15) is 17.2 Å². The predicted molar refractivity (Wildman–Crippen MR) is 219 cm³/mol. The summed E-state index contributed by atoms with van der Waals surface area (Å²) >= 11 is 13.3. The predicted octanol–water partition coefficient (Wildman–Crippen LogP) is 10.8. The second-order valence-corrected chi connectivity index (χ2v) is 17.5. The van der Waals surface area contributed by atoms with Crippen LogP contribution in [-0.2, 0) is 22.6 Å². The number of amides is 1. The van der Waals surface area contributed by atoms with E-state index in [-0.39, 0.29) is 65.0 Å². The van der Waals surface area contributed by atoms with Crippen LogP contribution in [0.15, 0.2) is 54.6 Å². The lowest BCUT2D eigenvalue weighted by Gasteiger charge is -2.39. The van der Waals surface area contributed by atoms with Crippen LogP contribution < -0.4 is 5.32 Å². The molecule has 3 aliphatic carbocycles. The minimum absolute atomic E-state index is 0.0457. The first-order chi connectivity index (χ1) is 28.2. The SMILES string of the molecule is N#CCCc1cc2c(nc(C3=CCCCC3)c3cc(C4CC(OCc5c(F)cccc5F)CN4C(=O)C4CC4)n(C4C5CNC4C5)c32)c(F)c1-c1cccc(Cl)c1Cl. The van der Waals surface area contributed by atoms with E-state index in [0.717, 1.165) is 79.4 Å². The van der Waals surface area contributed by atoms with Crippen molar-refractivity contribution in [2.24, 2.45) is 11.8 Å². The monoisotopic (exact) mass is 823 g/mol. The number of fused-ring (bicyclic) bond motifs is 4. The molecule has 5 atom stereocenters. The highest BCUT2D eigenvalue weighted by atomic mass is 35.5. The molecule has 2 aromatic heterocycles. The van der Waals surface area contributed by atoms with Gasteiger partial charge in [-0.1, -0.05) is 47.5 Å². The number of nitrogens with zero attached hydrogens (tertiary/aromatic N) is 4. The van der Waals surface area contributed by atoms with Gasteiger partial charge in [-0.3, -0.25) is 4.79 Å². The molecule has 5 fully saturated rings. The number of halogens is 5. The number of hydrogen-bond acceptors (Lipinski definition) is 5. The van der Waals surface area contributed by atoms with Gasteiger partial charge in [-0.25, -0.2) is 18.2 Å². The normalized spacial score (nSPS) is 24.0. The lowest BCUT2D eigenvalue weighted by Crippen LogP contribution is -2.41. The fraction of sp³-hybridized carbons (Fsp3) is 0.413. The topological polar surface area (TPSA) is 83.2 Å². The van der Waals surface area contributed by atoms with Crippen molar-refractivity contribution in [3.8, 4) is 17.2 Å². The molecule has 5 heterocycles. The number of aryl methyl sites for hydroxylation is 1. The Kier molecular flexibility index (Phi) is 9.79. The van der Waals surface area contributed by atoms with E-state index in [4.69, 9.17) is 32.9 Å². The summed E-state index contributed by atoms with van der Waals surface area (Å²) in [7, 11) is 0. The van der Waals surface area contributed by atoms with E-state index in [0.29, 0.717) is 40.4 Å². The Morgan fingerprint density at radius 1 is 1.03 bits per heavy atom. The summed E-state index contributed by atoms with van der Waals surface area (Å²) in [5.41, 5.74) is 5.05. The van der Waals surface area contributed by atoms with Gasteiger partial charge in [-0.05, 0) is 98.8 Å². The summed E-state index contributed by atoms with van der Waals surface area (Å²) in [5, 5.41) is 15.5. The van der Waals surface area contributed by atoms with Crippen molar-refractivity contribution in [1.29, 1.82) is 5.26 Å². The van der Waals surface area contributed by atoms with Crippen molar-refractivity contribution in [2.75, 3.05) is 13.1 Å². The highest BCUT2D eigenvalue weighted by molar-refractivity contribution is 6.43. The van der Waals surface area contributed by atoms with Crippen molar-refractivity contribution < 1.29 is 22.7 Å². The molecule has 6 aliphatic rings. The molecule has 7 nitrogen and oxygen atoms in total. The summed E-state index contributed by atoms with van der Waals surface area (Å²) in [5.74, 6) is -1.52. The van der Waals surface area contributed by atoms with E-state index >= 15 is 4.39 Å². The molecular formula is C46H42Cl2F3N5O2.